The molecule has 168 valence electrons. The molecule has 1 aliphatic carbocycles. The van der Waals surface area contributed by atoms with Gasteiger partial charge in [-0.15, -0.1) is 0 Å². The number of allylic oxidation sites excluding steroid dienone is 3. The number of ether oxygens (including phenoxy) is 1. The standard InChI is InChI=1S/C27H32FN3O/c1-5-21-16-22(20(3)15-19(21)2)18-30-11-13-31(14-12-30)27-24(7-6-10-29-27)25-17-23(28)8-9-26(25)32-4/h5-10,16-17,19H,1,11-15,18H2,2-4H3. The molecule has 0 bridgehead atoms. The molecule has 1 unspecified atom stereocenters. The molecule has 1 aromatic heterocycles. The first kappa shape index (κ1) is 22.3. The largest absolute Gasteiger partial charge is 0.496 e. The zero-order valence-corrected chi connectivity index (χ0v) is 19.3. The molecule has 4 rings (SSSR count). The van der Waals surface area contributed by atoms with Crippen LogP contribution < -0.4 is 9.64 Å². The molecule has 0 N–H and O–H groups in total. The lowest BCUT2D eigenvalue weighted by Gasteiger charge is -2.37. The second-order valence-corrected chi connectivity index (χ2v) is 8.74. The molecule has 1 saturated heterocycles. The average Bonchev–Trinajstić information content (AvgIpc) is 2.81. The van der Waals surface area contributed by atoms with Gasteiger partial charge in [0.25, 0.3) is 0 Å². The summed E-state index contributed by atoms with van der Waals surface area (Å²) in [5.41, 5.74) is 5.88. The highest BCUT2D eigenvalue weighted by Crippen LogP contribution is 2.36. The monoisotopic (exact) mass is 433 g/mol. The topological polar surface area (TPSA) is 28.6 Å². The number of halogens is 1. The maximum absolute atomic E-state index is 14.0. The number of hydrogen-bond acceptors (Lipinski definition) is 4. The predicted octanol–water partition coefficient (Wildman–Crippen LogP) is 5.49. The zero-order chi connectivity index (χ0) is 22.7. The first-order valence-corrected chi connectivity index (χ1v) is 11.3. The van der Waals surface area contributed by atoms with Crippen LogP contribution in [0.4, 0.5) is 10.2 Å². The van der Waals surface area contributed by atoms with E-state index in [4.69, 9.17) is 4.74 Å². The summed E-state index contributed by atoms with van der Waals surface area (Å²) in [7, 11) is 1.61. The number of methoxy groups -OCH3 is 1. The fraction of sp³-hybridized carbons (Fsp3) is 0.370. The number of benzene rings is 1. The molecular weight excluding hydrogens is 401 g/mol. The van der Waals surface area contributed by atoms with E-state index in [9.17, 15) is 4.39 Å². The Morgan fingerprint density at radius 1 is 1.19 bits per heavy atom. The number of hydrogen-bond donors (Lipinski definition) is 0. The van der Waals surface area contributed by atoms with Gasteiger partial charge in [-0.05, 0) is 60.7 Å². The van der Waals surface area contributed by atoms with Gasteiger partial charge >= 0.3 is 0 Å². The molecule has 0 saturated carbocycles. The molecule has 0 spiro atoms. The van der Waals surface area contributed by atoms with E-state index in [1.165, 1.54) is 28.9 Å². The first-order valence-electron chi connectivity index (χ1n) is 11.3. The Hall–Kier alpha value is -2.92. The zero-order valence-electron chi connectivity index (χ0n) is 19.3. The van der Waals surface area contributed by atoms with Gasteiger partial charge < -0.3 is 9.64 Å². The molecule has 2 aliphatic rings. The maximum Gasteiger partial charge on any atom is 0.136 e. The van der Waals surface area contributed by atoms with Gasteiger partial charge in [0.1, 0.15) is 17.4 Å². The van der Waals surface area contributed by atoms with Crippen molar-refractivity contribution >= 4 is 5.82 Å². The van der Waals surface area contributed by atoms with Crippen LogP contribution in [0.2, 0.25) is 0 Å². The average molecular weight is 434 g/mol. The number of piperazine rings is 1. The molecule has 1 atom stereocenters. The van der Waals surface area contributed by atoms with Crippen LogP contribution in [0.15, 0.2) is 72.0 Å². The molecule has 0 radical (unpaired) electrons. The van der Waals surface area contributed by atoms with Crippen molar-refractivity contribution in [3.05, 3.63) is 77.8 Å². The van der Waals surface area contributed by atoms with Crippen molar-refractivity contribution in [3.63, 3.8) is 0 Å². The molecule has 4 nitrogen and oxygen atoms in total. The third-order valence-corrected chi connectivity index (χ3v) is 6.61. The summed E-state index contributed by atoms with van der Waals surface area (Å²) in [6.07, 6.45) is 7.24. The van der Waals surface area contributed by atoms with Crippen LogP contribution in [-0.4, -0.2) is 49.7 Å². The second-order valence-electron chi connectivity index (χ2n) is 8.74. The van der Waals surface area contributed by atoms with E-state index in [0.717, 1.165) is 56.1 Å². The van der Waals surface area contributed by atoms with E-state index in [0.29, 0.717) is 11.7 Å². The number of rotatable bonds is 6. The maximum atomic E-state index is 14.0. The van der Waals surface area contributed by atoms with E-state index in [1.54, 1.807) is 19.4 Å². The number of anilines is 1. The second kappa shape index (κ2) is 9.70. The van der Waals surface area contributed by atoms with Gasteiger partial charge in [0.05, 0.1) is 7.11 Å². The summed E-state index contributed by atoms with van der Waals surface area (Å²) in [6, 6.07) is 8.50. The van der Waals surface area contributed by atoms with E-state index in [-0.39, 0.29) is 5.82 Å². The molecule has 1 fully saturated rings. The van der Waals surface area contributed by atoms with E-state index in [2.05, 4.69) is 41.3 Å². The van der Waals surface area contributed by atoms with Gasteiger partial charge in [0.15, 0.2) is 0 Å². The van der Waals surface area contributed by atoms with Gasteiger partial charge in [-0.3, -0.25) is 4.90 Å². The quantitative estimate of drug-likeness (QED) is 0.603. The van der Waals surface area contributed by atoms with Crippen LogP contribution in [0, 0.1) is 11.7 Å². The van der Waals surface area contributed by atoms with Gasteiger partial charge in [0.2, 0.25) is 0 Å². The Kier molecular flexibility index (Phi) is 6.75. The molecule has 0 amide bonds. The van der Waals surface area contributed by atoms with Crippen LogP contribution in [0.3, 0.4) is 0 Å². The van der Waals surface area contributed by atoms with Crippen LogP contribution in [0.1, 0.15) is 20.3 Å². The summed E-state index contributed by atoms with van der Waals surface area (Å²) in [5.74, 6) is 1.80. The number of aromatic nitrogens is 1. The fourth-order valence-corrected chi connectivity index (χ4v) is 4.72. The highest BCUT2D eigenvalue weighted by Gasteiger charge is 2.24. The lowest BCUT2D eigenvalue weighted by atomic mass is 9.85. The lowest BCUT2D eigenvalue weighted by Crippen LogP contribution is -2.47. The molecule has 1 aromatic carbocycles. The minimum absolute atomic E-state index is 0.280. The fourth-order valence-electron chi connectivity index (χ4n) is 4.72. The van der Waals surface area contributed by atoms with Crippen molar-refractivity contribution in [2.24, 2.45) is 5.92 Å². The molecule has 1 aliphatic heterocycles. The highest BCUT2D eigenvalue weighted by molar-refractivity contribution is 5.80. The summed E-state index contributed by atoms with van der Waals surface area (Å²) in [5, 5.41) is 0. The van der Waals surface area contributed by atoms with Gasteiger partial charge in [-0.25, -0.2) is 9.37 Å². The number of pyridine rings is 1. The van der Waals surface area contributed by atoms with Gasteiger partial charge in [-0.2, -0.15) is 0 Å². The van der Waals surface area contributed by atoms with E-state index >= 15 is 0 Å². The van der Waals surface area contributed by atoms with Crippen LogP contribution in [-0.2, 0) is 0 Å². The summed E-state index contributed by atoms with van der Waals surface area (Å²) in [4.78, 5) is 9.47. The smallest absolute Gasteiger partial charge is 0.136 e. The molecular formula is C27H32FN3O. The Balaban J connectivity index is 1.49. The van der Waals surface area contributed by atoms with Crippen molar-refractivity contribution in [2.75, 3.05) is 44.7 Å². The van der Waals surface area contributed by atoms with E-state index in [1.807, 2.05) is 18.2 Å². The SMILES string of the molecule is C=CC1=CC(CN2CCN(c3ncccc3-c3cc(F)ccc3OC)CC2)=C(C)CC1C. The minimum atomic E-state index is -0.280. The van der Waals surface area contributed by atoms with Crippen molar-refractivity contribution in [3.8, 4) is 16.9 Å². The Morgan fingerprint density at radius 3 is 2.69 bits per heavy atom. The van der Waals surface area contributed by atoms with Gasteiger partial charge in [0, 0.05) is 50.0 Å². The third-order valence-electron chi connectivity index (χ3n) is 6.61. The summed E-state index contributed by atoms with van der Waals surface area (Å²) in [6.45, 7) is 13.1. The van der Waals surface area contributed by atoms with Gasteiger partial charge in [-0.1, -0.05) is 31.2 Å². The Labute approximate surface area is 190 Å². The van der Waals surface area contributed by atoms with Crippen LogP contribution >= 0.6 is 0 Å². The third kappa shape index (κ3) is 4.63. The molecule has 2 heterocycles. The highest BCUT2D eigenvalue weighted by atomic mass is 19.1. The Morgan fingerprint density at radius 2 is 1.97 bits per heavy atom. The Bertz CT molecular complexity index is 1050. The summed E-state index contributed by atoms with van der Waals surface area (Å²) < 4.78 is 19.5. The lowest BCUT2D eigenvalue weighted by molar-refractivity contribution is 0.278. The minimum Gasteiger partial charge on any atom is -0.496 e. The molecule has 5 heteroatoms. The van der Waals surface area contributed by atoms with Crippen molar-refractivity contribution in [2.45, 2.75) is 20.3 Å². The first-order chi connectivity index (χ1) is 15.5. The van der Waals surface area contributed by atoms with Crippen molar-refractivity contribution in [1.82, 2.24) is 9.88 Å². The normalized spacial score (nSPS) is 19.7. The van der Waals surface area contributed by atoms with Crippen LogP contribution in [0.5, 0.6) is 5.75 Å². The molecule has 2 aromatic rings. The van der Waals surface area contributed by atoms with E-state index < -0.39 is 0 Å². The summed E-state index contributed by atoms with van der Waals surface area (Å²) >= 11 is 0. The molecule has 32 heavy (non-hydrogen) atoms. The van der Waals surface area contributed by atoms with Crippen molar-refractivity contribution < 1.29 is 9.13 Å². The van der Waals surface area contributed by atoms with Crippen molar-refractivity contribution in [1.29, 1.82) is 0 Å². The number of nitrogens with zero attached hydrogens (tertiary/aromatic N) is 3. The predicted molar refractivity (Wildman–Crippen MR) is 130 cm³/mol. The van der Waals surface area contributed by atoms with Crippen LogP contribution in [0.25, 0.3) is 11.1 Å².